The van der Waals surface area contributed by atoms with Gasteiger partial charge in [-0.15, -0.1) is 10.2 Å². The molecule has 0 bridgehead atoms. The number of hydrogen-bond donors (Lipinski definition) is 1. The Labute approximate surface area is 164 Å². The Bertz CT molecular complexity index is 799. The van der Waals surface area contributed by atoms with Crippen molar-refractivity contribution >= 4 is 33.5 Å². The molecule has 4 rings (SSSR count). The molecule has 27 heavy (non-hydrogen) atoms. The maximum Gasteiger partial charge on any atom is 0.233 e. The third-order valence-electron chi connectivity index (χ3n) is 5.43. The highest BCUT2D eigenvalue weighted by molar-refractivity contribution is 8.00. The molecule has 1 N–H and O–H groups in total. The maximum atomic E-state index is 12.5. The van der Waals surface area contributed by atoms with Gasteiger partial charge in [0.1, 0.15) is 0 Å². The Morgan fingerprint density at radius 1 is 1.19 bits per heavy atom. The van der Waals surface area contributed by atoms with Crippen LogP contribution in [0.1, 0.15) is 51.5 Å². The van der Waals surface area contributed by atoms with E-state index in [9.17, 15) is 13.2 Å². The first-order valence-corrected chi connectivity index (χ1v) is 12.5. The molecule has 1 aromatic heterocycles. The van der Waals surface area contributed by atoms with E-state index in [1.165, 1.54) is 31.0 Å². The van der Waals surface area contributed by atoms with E-state index in [0.717, 1.165) is 37.0 Å². The lowest BCUT2D eigenvalue weighted by Gasteiger charge is -2.28. The summed E-state index contributed by atoms with van der Waals surface area (Å²) in [6.07, 6.45) is 6.40. The molecule has 2 saturated heterocycles. The number of sulfone groups is 1. The van der Waals surface area contributed by atoms with Gasteiger partial charge in [-0.1, -0.05) is 11.8 Å². The molecule has 2 aliphatic heterocycles. The number of nitrogens with one attached hydrogen (secondary N) is 1. The largest absolute Gasteiger partial charge is 0.351 e. The van der Waals surface area contributed by atoms with Crippen LogP contribution in [0, 0.1) is 0 Å². The van der Waals surface area contributed by atoms with E-state index < -0.39 is 9.84 Å². The normalized spacial score (nSPS) is 26.1. The number of hydrogen-bond acceptors (Lipinski definition) is 7. The second kappa shape index (κ2) is 7.62. The van der Waals surface area contributed by atoms with Crippen LogP contribution in [0.2, 0.25) is 0 Å². The Morgan fingerprint density at radius 2 is 1.93 bits per heavy atom. The van der Waals surface area contributed by atoms with Crippen LogP contribution < -0.4 is 10.2 Å². The van der Waals surface area contributed by atoms with Crippen LogP contribution in [0.3, 0.4) is 0 Å². The van der Waals surface area contributed by atoms with Crippen LogP contribution in [-0.4, -0.2) is 65.0 Å². The minimum absolute atomic E-state index is 0.0491. The molecule has 0 spiro atoms. The fraction of sp³-hybridized carbons (Fsp3) is 0.824. The van der Waals surface area contributed by atoms with Crippen molar-refractivity contribution in [3.8, 4) is 0 Å². The summed E-state index contributed by atoms with van der Waals surface area (Å²) < 4.78 is 25.4. The summed E-state index contributed by atoms with van der Waals surface area (Å²) in [5.74, 6) is 1.02. The van der Waals surface area contributed by atoms with Crippen LogP contribution in [-0.2, 0) is 14.6 Å². The first-order chi connectivity index (χ1) is 12.9. The van der Waals surface area contributed by atoms with Crippen molar-refractivity contribution in [1.29, 1.82) is 0 Å². The van der Waals surface area contributed by atoms with Gasteiger partial charge < -0.3 is 10.2 Å². The summed E-state index contributed by atoms with van der Waals surface area (Å²) in [5.41, 5.74) is 0. The van der Waals surface area contributed by atoms with Crippen LogP contribution in [0.4, 0.5) is 5.95 Å². The molecule has 2 unspecified atom stereocenters. The molecule has 1 aliphatic carbocycles. The average Bonchev–Trinajstić information content (AvgIpc) is 3.31. The van der Waals surface area contributed by atoms with Gasteiger partial charge in [0.15, 0.2) is 15.0 Å². The van der Waals surface area contributed by atoms with Crippen LogP contribution in [0.15, 0.2) is 5.16 Å². The number of thioether (sulfide) groups is 1. The molecule has 150 valence electrons. The second-order valence-corrected chi connectivity index (χ2v) is 11.3. The van der Waals surface area contributed by atoms with E-state index in [1.54, 1.807) is 0 Å². The van der Waals surface area contributed by atoms with E-state index in [0.29, 0.717) is 12.5 Å². The van der Waals surface area contributed by atoms with E-state index in [-0.39, 0.29) is 28.7 Å². The van der Waals surface area contributed by atoms with Gasteiger partial charge in [-0.05, 0) is 45.4 Å². The Balaban J connectivity index is 1.42. The van der Waals surface area contributed by atoms with Crippen LogP contribution in [0.5, 0.6) is 0 Å². The summed E-state index contributed by atoms with van der Waals surface area (Å²) in [6, 6.07) is 0.172. The first kappa shape index (κ1) is 19.0. The molecule has 1 saturated carbocycles. The summed E-state index contributed by atoms with van der Waals surface area (Å²) in [4.78, 5) is 14.8. The van der Waals surface area contributed by atoms with Gasteiger partial charge in [0.25, 0.3) is 0 Å². The van der Waals surface area contributed by atoms with Crippen LogP contribution in [0.25, 0.3) is 0 Å². The molecule has 2 atom stereocenters. The van der Waals surface area contributed by atoms with Crippen molar-refractivity contribution in [2.75, 3.05) is 29.5 Å². The van der Waals surface area contributed by atoms with Gasteiger partial charge in [-0.25, -0.2) is 8.42 Å². The predicted molar refractivity (Wildman–Crippen MR) is 105 cm³/mol. The van der Waals surface area contributed by atoms with E-state index >= 15 is 0 Å². The number of rotatable bonds is 6. The topological polar surface area (TPSA) is 97.2 Å². The fourth-order valence-electron chi connectivity index (χ4n) is 3.75. The predicted octanol–water partition coefficient (Wildman–Crippen LogP) is 1.39. The van der Waals surface area contributed by atoms with Crippen molar-refractivity contribution < 1.29 is 13.2 Å². The summed E-state index contributed by atoms with van der Waals surface area (Å²) in [7, 11) is -3.00. The highest BCUT2D eigenvalue weighted by Gasteiger charge is 2.34. The first-order valence-electron chi connectivity index (χ1n) is 9.80. The van der Waals surface area contributed by atoms with Gasteiger partial charge in [-0.2, -0.15) is 0 Å². The van der Waals surface area contributed by atoms with Gasteiger partial charge in [0, 0.05) is 25.2 Å². The maximum absolute atomic E-state index is 12.5. The molecule has 3 fully saturated rings. The molecule has 0 radical (unpaired) electrons. The summed E-state index contributed by atoms with van der Waals surface area (Å²) in [5, 5.41) is 12.2. The Kier molecular flexibility index (Phi) is 5.37. The lowest BCUT2D eigenvalue weighted by Crippen LogP contribution is -2.40. The monoisotopic (exact) mass is 413 g/mol. The van der Waals surface area contributed by atoms with Crippen molar-refractivity contribution in [3.05, 3.63) is 0 Å². The number of amides is 1. The molecule has 1 amide bonds. The zero-order valence-electron chi connectivity index (χ0n) is 15.6. The smallest absolute Gasteiger partial charge is 0.233 e. The van der Waals surface area contributed by atoms with Crippen molar-refractivity contribution in [2.24, 2.45) is 0 Å². The number of carbonyl (C=O) groups excluding carboxylic acids is 1. The molecule has 3 aliphatic rings. The van der Waals surface area contributed by atoms with Gasteiger partial charge in [-0.3, -0.25) is 9.36 Å². The Hall–Kier alpha value is -1.29. The lowest BCUT2D eigenvalue weighted by atomic mass is 10.1. The summed E-state index contributed by atoms with van der Waals surface area (Å²) >= 11 is 1.42. The lowest BCUT2D eigenvalue weighted by molar-refractivity contribution is -0.120. The molecule has 10 heteroatoms. The number of piperidine rings is 1. The zero-order valence-corrected chi connectivity index (χ0v) is 17.3. The average molecular weight is 414 g/mol. The quantitative estimate of drug-likeness (QED) is 0.704. The minimum Gasteiger partial charge on any atom is -0.351 e. The SMILES string of the molecule is CC(Sc1nnc(N2CCCCC2)n1C1CC1)C(=O)NC1CCS(=O)(=O)C1. The molecule has 3 heterocycles. The molecule has 8 nitrogen and oxygen atoms in total. The number of aromatic nitrogens is 3. The van der Waals surface area contributed by atoms with E-state index in [4.69, 9.17) is 0 Å². The van der Waals surface area contributed by atoms with Crippen molar-refractivity contribution in [3.63, 3.8) is 0 Å². The number of anilines is 1. The third kappa shape index (κ3) is 4.42. The molecule has 1 aromatic rings. The fourth-order valence-corrected chi connectivity index (χ4v) is 6.35. The van der Waals surface area contributed by atoms with E-state index in [2.05, 4.69) is 25.0 Å². The zero-order chi connectivity index (χ0) is 19.0. The van der Waals surface area contributed by atoms with Gasteiger partial charge in [0.05, 0.1) is 16.8 Å². The van der Waals surface area contributed by atoms with Crippen LogP contribution >= 0.6 is 11.8 Å². The standard InChI is InChI=1S/C17H27N5O3S2/c1-12(15(23)18-13-7-10-27(24,25)11-13)26-17-20-19-16(22(17)14-5-6-14)21-8-3-2-4-9-21/h12-14H,2-11H2,1H3,(H,18,23). The summed E-state index contributed by atoms with van der Waals surface area (Å²) in [6.45, 7) is 3.87. The number of carbonyl (C=O) groups is 1. The van der Waals surface area contributed by atoms with Crippen molar-refractivity contribution in [2.45, 2.75) is 67.9 Å². The molecular formula is C17H27N5O3S2. The van der Waals surface area contributed by atoms with Gasteiger partial charge >= 0.3 is 0 Å². The second-order valence-electron chi connectivity index (χ2n) is 7.80. The third-order valence-corrected chi connectivity index (χ3v) is 8.25. The van der Waals surface area contributed by atoms with E-state index in [1.807, 2.05) is 6.92 Å². The van der Waals surface area contributed by atoms with Gasteiger partial charge in [0.2, 0.25) is 11.9 Å². The highest BCUT2D eigenvalue weighted by atomic mass is 32.2. The molecule has 0 aromatic carbocycles. The minimum atomic E-state index is -3.00. The number of nitrogens with zero attached hydrogens (tertiary/aromatic N) is 4. The van der Waals surface area contributed by atoms with Crippen molar-refractivity contribution in [1.82, 2.24) is 20.1 Å². The highest BCUT2D eigenvalue weighted by Crippen LogP contribution is 2.42. The molecular weight excluding hydrogens is 386 g/mol. The Morgan fingerprint density at radius 3 is 2.56 bits per heavy atom.